The monoisotopic (exact) mass is 873 g/mol. The Morgan fingerprint density at radius 1 is 0.873 bits per heavy atom. The Kier molecular flexibility index (Phi) is 11.0. The topological polar surface area (TPSA) is 125 Å². The summed E-state index contributed by atoms with van der Waals surface area (Å²) in [6.45, 7) is 16.8. The second-order valence-corrected chi connectivity index (χ2v) is 22.9. The van der Waals surface area contributed by atoms with Gasteiger partial charge in [0.1, 0.15) is 5.69 Å². The molecule has 8 unspecified atom stereocenters. The minimum Gasteiger partial charge on any atom is -0.366 e. The Balaban J connectivity index is 0.777. The molecular weight excluding hydrogens is 805 g/mol. The van der Waals surface area contributed by atoms with Crippen LogP contribution in [0.4, 0.5) is 11.4 Å². The molecule has 336 valence electrons. The average Bonchev–Trinajstić information content (AvgIpc) is 3.74. The van der Waals surface area contributed by atoms with E-state index < -0.39 is 0 Å². The maximum Gasteiger partial charge on any atom is 0.224 e. The number of nitrogens with one attached hydrogen (secondary N) is 2. The highest BCUT2D eigenvalue weighted by atomic mass is 32.2. The lowest BCUT2D eigenvalue weighted by Gasteiger charge is -2.58. The molecule has 4 aliphatic carbocycles. The van der Waals surface area contributed by atoms with Crippen LogP contribution in [0.5, 0.6) is 0 Å². The summed E-state index contributed by atoms with van der Waals surface area (Å²) in [5.41, 5.74) is 11.1. The van der Waals surface area contributed by atoms with Gasteiger partial charge in [-0.2, -0.15) is 0 Å². The van der Waals surface area contributed by atoms with Crippen LogP contribution in [0.3, 0.4) is 0 Å². The van der Waals surface area contributed by atoms with Crippen LogP contribution in [0, 0.1) is 34.5 Å². The van der Waals surface area contributed by atoms with Crippen molar-refractivity contribution in [2.45, 2.75) is 147 Å². The van der Waals surface area contributed by atoms with E-state index in [1.54, 1.807) is 0 Å². The van der Waals surface area contributed by atoms with Crippen LogP contribution in [-0.4, -0.2) is 60.5 Å². The third-order valence-electron chi connectivity index (χ3n) is 17.9. The standard InChI is InChI=1S/C53H68N4O5S/c1-50(2)30-32-27-37-46(62-45(32)17-21-54-43-13-9-35(63-61)29-41(43)50)18-24-57-44-14-7-31(25-42(44)51(3,4)48(37)57)26-47(59)55-22-23-56-49(60)40-12-11-38-36-10-8-33-28-34(58)15-19-52(33,5)39(36)16-20-53(38,40)6/h7,9,13-14,25,27-29,36,38-40,45-46,54,61H,8,10-12,15-24,26,30H2,1-6H3,(H,55,59)(H,56,60)/p+1. The zero-order valence-electron chi connectivity index (χ0n) is 38.4. The zero-order valence-corrected chi connectivity index (χ0v) is 39.2. The Morgan fingerprint density at radius 3 is 2.52 bits per heavy atom. The summed E-state index contributed by atoms with van der Waals surface area (Å²) in [5, 5.41) is 8.68. The molecule has 4 aliphatic heterocycles. The smallest absolute Gasteiger partial charge is 0.224 e. The van der Waals surface area contributed by atoms with Crippen LogP contribution in [-0.2, 0) is 36.4 Å². The summed E-state index contributed by atoms with van der Waals surface area (Å²) >= 11 is 0.813. The van der Waals surface area contributed by atoms with Gasteiger partial charge in [0.05, 0.1) is 25.2 Å². The lowest BCUT2D eigenvalue weighted by atomic mass is 9.47. The van der Waals surface area contributed by atoms with Gasteiger partial charge < -0.3 is 30.1 Å². The molecule has 9 nitrogen and oxygen atoms in total. The van der Waals surface area contributed by atoms with Gasteiger partial charge in [0.25, 0.3) is 0 Å². The van der Waals surface area contributed by atoms with E-state index in [9.17, 15) is 18.9 Å². The number of ketones is 1. The van der Waals surface area contributed by atoms with Gasteiger partial charge in [0.15, 0.2) is 5.78 Å². The van der Waals surface area contributed by atoms with Gasteiger partial charge in [-0.05, 0) is 133 Å². The predicted molar refractivity (Wildman–Crippen MR) is 249 cm³/mol. The molecule has 0 spiro atoms. The molecule has 8 aliphatic rings. The van der Waals surface area contributed by atoms with Gasteiger partial charge in [0, 0.05) is 89.3 Å². The number of allylic oxidation sites excluding steroid dienone is 2. The molecule has 3 fully saturated rings. The fourth-order valence-electron chi connectivity index (χ4n) is 14.7. The van der Waals surface area contributed by atoms with E-state index in [0.717, 1.165) is 99.8 Å². The highest BCUT2D eigenvalue weighted by Gasteiger charge is 2.60. The number of hydrogen-bond acceptors (Lipinski definition) is 7. The van der Waals surface area contributed by atoms with Gasteiger partial charge in [-0.1, -0.05) is 65.3 Å². The molecule has 0 saturated heterocycles. The Hall–Kier alpha value is -3.70. The Bertz CT molecular complexity index is 2330. The van der Waals surface area contributed by atoms with Crippen molar-refractivity contribution in [2.24, 2.45) is 34.5 Å². The van der Waals surface area contributed by atoms with E-state index in [1.165, 1.54) is 44.9 Å². The van der Waals surface area contributed by atoms with Crippen LogP contribution in [0.25, 0.3) is 0 Å². The number of amides is 2. The normalized spacial score (nSPS) is 33.6. The lowest BCUT2D eigenvalue weighted by Crippen LogP contribution is -2.79. The minimum atomic E-state index is -0.268. The first kappa shape index (κ1) is 43.2. The van der Waals surface area contributed by atoms with Gasteiger partial charge >= 0.3 is 0 Å². The van der Waals surface area contributed by atoms with Gasteiger partial charge in [-0.3, -0.25) is 14.4 Å². The third-order valence-corrected chi connectivity index (χ3v) is 18.4. The van der Waals surface area contributed by atoms with E-state index in [1.807, 2.05) is 12.1 Å². The number of nitrogens with zero attached hydrogens (tertiary/aromatic N) is 1. The molecule has 10 heteroatoms. The lowest BCUT2D eigenvalue weighted by molar-refractivity contribution is -0.573. The van der Waals surface area contributed by atoms with Gasteiger partial charge in [-0.25, -0.2) is 0 Å². The van der Waals surface area contributed by atoms with Crippen LogP contribution >= 0.6 is 12.0 Å². The number of quaternary nitrogens is 1. The number of carbonyl (C=O) groups excluding carboxylic acids is 3. The SMILES string of the molecule is CC1(C)CC2=CC3=C4N(CCC3OC2CC[NH2+]c2ccc(SO)cc21)c1ccc(CC(=O)NCCNC(=O)C2CCC3C5CCC6=CC(=O)CCC6(C)C5CCC23C)cc1C4(C)C. The molecule has 0 radical (unpaired) electrons. The largest absolute Gasteiger partial charge is 0.366 e. The van der Waals surface area contributed by atoms with Crippen molar-refractivity contribution in [1.82, 2.24) is 10.6 Å². The second-order valence-electron chi connectivity index (χ2n) is 22.2. The van der Waals surface area contributed by atoms with E-state index in [4.69, 9.17) is 4.74 Å². The molecule has 5 N–H and O–H groups in total. The first-order valence-corrected chi connectivity index (χ1v) is 25.0. The van der Waals surface area contributed by atoms with E-state index >= 15 is 0 Å². The summed E-state index contributed by atoms with van der Waals surface area (Å²) < 4.78 is 16.9. The molecule has 2 aromatic carbocycles. The highest BCUT2D eigenvalue weighted by molar-refractivity contribution is 7.93. The molecule has 10 rings (SSSR count). The van der Waals surface area contributed by atoms with Crippen LogP contribution < -0.4 is 20.9 Å². The van der Waals surface area contributed by atoms with E-state index in [-0.39, 0.29) is 51.6 Å². The number of fused-ring (bicyclic) bond motifs is 11. The van der Waals surface area contributed by atoms with Crippen molar-refractivity contribution in [3.05, 3.63) is 87.7 Å². The van der Waals surface area contributed by atoms with E-state index in [0.29, 0.717) is 49.5 Å². The molecule has 2 amide bonds. The quantitative estimate of drug-likeness (QED) is 0.125. The van der Waals surface area contributed by atoms with Crippen molar-refractivity contribution < 1.29 is 29.0 Å². The predicted octanol–water partition coefficient (Wildman–Crippen LogP) is 8.59. The number of ether oxygens (including phenoxy) is 1. The number of hydrogen-bond donors (Lipinski definition) is 4. The van der Waals surface area contributed by atoms with Crippen molar-refractivity contribution in [3.63, 3.8) is 0 Å². The summed E-state index contributed by atoms with van der Waals surface area (Å²) in [4.78, 5) is 42.8. The minimum absolute atomic E-state index is 0.00899. The van der Waals surface area contributed by atoms with Crippen LogP contribution in [0.1, 0.15) is 129 Å². The van der Waals surface area contributed by atoms with Crippen molar-refractivity contribution in [2.75, 3.05) is 31.1 Å². The first-order chi connectivity index (χ1) is 30.1. The fourth-order valence-corrected chi connectivity index (χ4v) is 15.0. The molecule has 63 heavy (non-hydrogen) atoms. The third kappa shape index (κ3) is 7.28. The average molecular weight is 874 g/mol. The summed E-state index contributed by atoms with van der Waals surface area (Å²) in [6, 6.07) is 12.9. The summed E-state index contributed by atoms with van der Waals surface area (Å²) in [5.74, 6) is 2.24. The molecule has 0 aromatic heterocycles. The molecular formula is C53H69N4O5S+. The van der Waals surface area contributed by atoms with Gasteiger partial charge in [0.2, 0.25) is 11.8 Å². The molecule has 0 bridgehead atoms. The van der Waals surface area contributed by atoms with Gasteiger partial charge in [-0.15, -0.1) is 0 Å². The van der Waals surface area contributed by atoms with Crippen molar-refractivity contribution in [3.8, 4) is 0 Å². The summed E-state index contributed by atoms with van der Waals surface area (Å²) in [7, 11) is 0. The number of rotatable bonds is 7. The molecule has 8 atom stereocenters. The van der Waals surface area contributed by atoms with Crippen molar-refractivity contribution in [1.29, 1.82) is 0 Å². The second kappa shape index (κ2) is 16.0. The first-order valence-electron chi connectivity index (χ1n) is 24.2. The van der Waals surface area contributed by atoms with Crippen LogP contribution in [0.2, 0.25) is 0 Å². The molecule has 3 saturated carbocycles. The molecule has 4 heterocycles. The Labute approximate surface area is 378 Å². The highest BCUT2D eigenvalue weighted by Crippen LogP contribution is 2.66. The Morgan fingerprint density at radius 2 is 1.70 bits per heavy atom. The summed E-state index contributed by atoms with van der Waals surface area (Å²) in [6.07, 6.45) is 15.8. The zero-order chi connectivity index (χ0) is 44.1. The maximum atomic E-state index is 13.8. The van der Waals surface area contributed by atoms with E-state index in [2.05, 4.69) is 98.8 Å². The molecule has 2 aromatic rings. The number of anilines is 1. The van der Waals surface area contributed by atoms with Crippen LogP contribution in [0.15, 0.2) is 75.9 Å². The number of benzene rings is 2. The van der Waals surface area contributed by atoms with Crippen molar-refractivity contribution >= 4 is 41.0 Å². The number of nitrogens with two attached hydrogens (primary N) is 1. The number of carbonyl (C=O) groups is 3. The fraction of sp³-hybridized carbons (Fsp3) is 0.604. The maximum absolute atomic E-state index is 13.8.